The fraction of sp³-hybridized carbons (Fsp3) is 0.750. The zero-order valence-electron chi connectivity index (χ0n) is 21.7. The summed E-state index contributed by atoms with van der Waals surface area (Å²) in [7, 11) is 0. The van der Waals surface area contributed by atoms with Crippen LogP contribution in [0.3, 0.4) is 0 Å². The summed E-state index contributed by atoms with van der Waals surface area (Å²) < 4.78 is 4.82. The number of alkyl halides is 1. The first-order valence-electron chi connectivity index (χ1n) is 13.8. The van der Waals surface area contributed by atoms with Crippen LogP contribution in [0, 0.1) is 11.8 Å². The normalized spacial score (nSPS) is 32.9. The van der Waals surface area contributed by atoms with E-state index in [0.29, 0.717) is 19.5 Å². The second-order valence-electron chi connectivity index (χ2n) is 10.8. The maximum Gasteiger partial charge on any atom is 0.311 e. The molecular formula is C28H41BrN2O5S. The molecule has 0 aromatic heterocycles. The molecule has 3 unspecified atom stereocenters. The number of likely N-dealkylation sites (tertiary alicyclic amines) is 1. The van der Waals surface area contributed by atoms with E-state index in [2.05, 4.69) is 29.1 Å². The number of carbonyl (C=O) groups is 3. The van der Waals surface area contributed by atoms with Gasteiger partial charge >= 0.3 is 5.97 Å². The molecule has 3 heterocycles. The van der Waals surface area contributed by atoms with Gasteiger partial charge in [-0.15, -0.1) is 18.3 Å². The Hall–Kier alpha value is -1.32. The minimum Gasteiger partial charge on any atom is -0.461 e. The van der Waals surface area contributed by atoms with E-state index in [1.807, 2.05) is 4.90 Å². The Balaban J connectivity index is 1.67. The van der Waals surface area contributed by atoms with Gasteiger partial charge in [0, 0.05) is 35.8 Å². The monoisotopic (exact) mass is 596 g/mol. The number of carbonyl (C=O) groups excluding carboxylic acids is 3. The number of nitrogens with zero attached hydrogens (tertiary/aromatic N) is 2. The van der Waals surface area contributed by atoms with Gasteiger partial charge in [0.15, 0.2) is 0 Å². The van der Waals surface area contributed by atoms with Crippen LogP contribution >= 0.6 is 27.7 Å². The Morgan fingerprint density at radius 3 is 2.57 bits per heavy atom. The minimum atomic E-state index is -0.649. The highest BCUT2D eigenvalue weighted by Gasteiger charge is 2.76. The number of halogens is 1. The molecule has 1 N–H and O–H groups in total. The smallest absolute Gasteiger partial charge is 0.311 e. The van der Waals surface area contributed by atoms with Crippen LogP contribution in [0.25, 0.3) is 0 Å². The fourth-order valence-electron chi connectivity index (χ4n) is 7.01. The first kappa shape index (κ1) is 28.7. The largest absolute Gasteiger partial charge is 0.461 e. The van der Waals surface area contributed by atoms with E-state index in [0.717, 1.165) is 51.4 Å². The Morgan fingerprint density at radius 1 is 1.16 bits per heavy atom. The molecule has 206 valence electrons. The number of unbranched alkanes of at least 4 members (excludes halogenated alkanes) is 3. The molecule has 3 saturated heterocycles. The molecule has 1 saturated carbocycles. The third-order valence-corrected chi connectivity index (χ3v) is 11.8. The lowest BCUT2D eigenvalue weighted by Gasteiger charge is -2.41. The fourth-order valence-corrected chi connectivity index (χ4v) is 10.6. The molecule has 37 heavy (non-hydrogen) atoms. The summed E-state index contributed by atoms with van der Waals surface area (Å²) in [5, 5.41) is 9.04. The highest BCUT2D eigenvalue weighted by molar-refractivity contribution is 9.09. The van der Waals surface area contributed by atoms with Crippen molar-refractivity contribution in [3.63, 3.8) is 0 Å². The number of ether oxygens (including phenoxy) is 1. The van der Waals surface area contributed by atoms with Crippen molar-refractivity contribution in [3.05, 3.63) is 25.3 Å². The zero-order valence-corrected chi connectivity index (χ0v) is 24.1. The number of amides is 2. The lowest BCUT2D eigenvalue weighted by molar-refractivity contribution is -0.153. The molecule has 1 spiro atoms. The number of aliphatic hydroxyl groups is 1. The lowest BCUT2D eigenvalue weighted by atomic mass is 9.71. The van der Waals surface area contributed by atoms with Gasteiger partial charge in [-0.25, -0.2) is 0 Å². The van der Waals surface area contributed by atoms with Gasteiger partial charge in [0.05, 0.1) is 16.6 Å². The number of fused-ring (bicyclic) bond motifs is 1. The first-order valence-corrected chi connectivity index (χ1v) is 15.6. The molecule has 2 amide bonds. The minimum absolute atomic E-state index is 0.00553. The van der Waals surface area contributed by atoms with Crippen molar-refractivity contribution in [1.29, 1.82) is 0 Å². The van der Waals surface area contributed by atoms with Gasteiger partial charge in [-0.2, -0.15) is 0 Å². The molecule has 7 nitrogen and oxygen atoms in total. The van der Waals surface area contributed by atoms with Gasteiger partial charge in [0.1, 0.15) is 12.6 Å². The van der Waals surface area contributed by atoms with E-state index in [4.69, 9.17) is 9.84 Å². The number of esters is 1. The molecule has 4 aliphatic rings. The van der Waals surface area contributed by atoms with Crippen molar-refractivity contribution in [2.45, 2.75) is 91.1 Å². The highest BCUT2D eigenvalue weighted by Crippen LogP contribution is 2.68. The lowest BCUT2D eigenvalue weighted by Crippen LogP contribution is -2.57. The van der Waals surface area contributed by atoms with Crippen molar-refractivity contribution in [2.75, 3.05) is 26.3 Å². The number of hydrogen-bond acceptors (Lipinski definition) is 6. The molecular weight excluding hydrogens is 556 g/mol. The van der Waals surface area contributed by atoms with E-state index < -0.39 is 22.6 Å². The third-order valence-electron chi connectivity index (χ3n) is 8.57. The Bertz CT molecular complexity index is 881. The van der Waals surface area contributed by atoms with Gasteiger partial charge in [0.25, 0.3) is 0 Å². The van der Waals surface area contributed by atoms with E-state index in [9.17, 15) is 14.4 Å². The van der Waals surface area contributed by atoms with Crippen LogP contribution in [0.1, 0.15) is 64.2 Å². The number of thioether (sulfide) groups is 1. The average Bonchev–Trinajstić information content (AvgIpc) is 3.49. The number of hydrogen-bond donors (Lipinski definition) is 1. The second-order valence-corrected chi connectivity index (χ2v) is 13.5. The molecule has 2 bridgehead atoms. The molecule has 6 atom stereocenters. The van der Waals surface area contributed by atoms with Crippen LogP contribution in [0.5, 0.6) is 0 Å². The molecule has 0 aromatic carbocycles. The van der Waals surface area contributed by atoms with Crippen molar-refractivity contribution < 1.29 is 24.2 Å². The molecule has 0 radical (unpaired) electrons. The Labute approximate surface area is 233 Å². The van der Waals surface area contributed by atoms with Crippen LogP contribution in [0.4, 0.5) is 0 Å². The van der Waals surface area contributed by atoms with Crippen LogP contribution in [-0.4, -0.2) is 85.9 Å². The summed E-state index contributed by atoms with van der Waals surface area (Å²) >= 11 is 5.46. The first-order chi connectivity index (χ1) is 17.9. The van der Waals surface area contributed by atoms with Crippen molar-refractivity contribution in [3.8, 4) is 0 Å². The van der Waals surface area contributed by atoms with E-state index in [1.54, 1.807) is 28.8 Å². The van der Waals surface area contributed by atoms with E-state index in [1.165, 1.54) is 6.42 Å². The summed E-state index contributed by atoms with van der Waals surface area (Å²) in [6.45, 7) is 8.79. The molecule has 3 aliphatic heterocycles. The van der Waals surface area contributed by atoms with Gasteiger partial charge in [-0.05, 0) is 32.1 Å². The molecule has 4 rings (SSSR count). The zero-order chi connectivity index (χ0) is 26.6. The summed E-state index contributed by atoms with van der Waals surface area (Å²) in [5.41, 5.74) is 0. The third kappa shape index (κ3) is 5.42. The maximum absolute atomic E-state index is 14.5. The predicted octanol–water partition coefficient (Wildman–Crippen LogP) is 4.08. The van der Waals surface area contributed by atoms with Gasteiger partial charge in [-0.3, -0.25) is 14.4 Å². The topological polar surface area (TPSA) is 87.1 Å². The van der Waals surface area contributed by atoms with Crippen molar-refractivity contribution in [1.82, 2.24) is 9.80 Å². The summed E-state index contributed by atoms with van der Waals surface area (Å²) in [6.07, 6.45) is 12.6. The van der Waals surface area contributed by atoms with Gasteiger partial charge in [0.2, 0.25) is 11.8 Å². The average molecular weight is 598 g/mol. The summed E-state index contributed by atoms with van der Waals surface area (Å²) in [4.78, 5) is 45.6. The van der Waals surface area contributed by atoms with Crippen molar-refractivity contribution >= 4 is 45.5 Å². The standard InChI is InChI=1S/C28H41BrN2O5S/c1-3-14-30(19-12-8-7-9-13-19)26(34)24-28-18-20(29)23(37-28)21(27(35)36-17-4-2)22(28)25(33)31(24)15-10-5-6-11-16-32/h3-4,19-24,32H,1-2,5-18H2/t20?,21-,22-,23-,24?,28?/m0/s1. The molecule has 4 fully saturated rings. The molecule has 9 heteroatoms. The summed E-state index contributed by atoms with van der Waals surface area (Å²) in [5.74, 6) is -1.58. The quantitative estimate of drug-likeness (QED) is 0.149. The maximum atomic E-state index is 14.5. The molecule has 1 aliphatic carbocycles. The van der Waals surface area contributed by atoms with Crippen molar-refractivity contribution in [2.24, 2.45) is 11.8 Å². The number of rotatable bonds is 13. The van der Waals surface area contributed by atoms with Gasteiger partial charge < -0.3 is 19.6 Å². The molecule has 0 aromatic rings. The van der Waals surface area contributed by atoms with Crippen LogP contribution < -0.4 is 0 Å². The second kappa shape index (κ2) is 12.7. The van der Waals surface area contributed by atoms with Crippen LogP contribution in [0.2, 0.25) is 0 Å². The van der Waals surface area contributed by atoms with E-state index >= 15 is 0 Å². The van der Waals surface area contributed by atoms with Gasteiger partial charge in [-0.1, -0.05) is 66.8 Å². The highest BCUT2D eigenvalue weighted by atomic mass is 79.9. The SMILES string of the molecule is C=CCOC(=O)[C@H]1[C@H]2C(=O)N(CCCCCCO)C(C(=O)N(CC=C)C3CCCCC3)C23CC(Br)[C@@H]1S3. The van der Waals surface area contributed by atoms with E-state index in [-0.39, 0.29) is 47.1 Å². The predicted molar refractivity (Wildman–Crippen MR) is 149 cm³/mol. The number of aliphatic hydroxyl groups excluding tert-OH is 1. The Kier molecular flexibility index (Phi) is 9.84. The van der Waals surface area contributed by atoms with Crippen LogP contribution in [-0.2, 0) is 19.1 Å². The Morgan fingerprint density at radius 2 is 1.89 bits per heavy atom. The van der Waals surface area contributed by atoms with Crippen LogP contribution in [0.15, 0.2) is 25.3 Å². The summed E-state index contributed by atoms with van der Waals surface area (Å²) in [6, 6.07) is -0.440.